The van der Waals surface area contributed by atoms with Gasteiger partial charge in [-0.05, 0) is 42.3 Å². The van der Waals surface area contributed by atoms with E-state index in [1.807, 2.05) is 36.0 Å². The summed E-state index contributed by atoms with van der Waals surface area (Å²) in [6.45, 7) is 3.14. The summed E-state index contributed by atoms with van der Waals surface area (Å²) in [7, 11) is 0. The first-order chi connectivity index (χ1) is 9.25. The maximum atomic E-state index is 5.85. The van der Waals surface area contributed by atoms with Crippen molar-refractivity contribution in [2.75, 3.05) is 17.6 Å². The molecule has 0 spiro atoms. The van der Waals surface area contributed by atoms with Gasteiger partial charge in [-0.15, -0.1) is 0 Å². The highest BCUT2D eigenvalue weighted by molar-refractivity contribution is 7.98. The van der Waals surface area contributed by atoms with Crippen LogP contribution in [0.3, 0.4) is 0 Å². The van der Waals surface area contributed by atoms with Crippen molar-refractivity contribution in [2.24, 2.45) is 0 Å². The van der Waals surface area contributed by atoms with E-state index in [9.17, 15) is 0 Å². The van der Waals surface area contributed by atoms with Gasteiger partial charge in [-0.25, -0.2) is 0 Å². The molecule has 0 fully saturated rings. The Kier molecular flexibility index (Phi) is 5.62. The molecule has 0 amide bonds. The fourth-order valence-electron chi connectivity index (χ4n) is 1.79. The van der Waals surface area contributed by atoms with Crippen molar-refractivity contribution < 1.29 is 0 Å². The van der Waals surface area contributed by atoms with Crippen molar-refractivity contribution in [1.29, 1.82) is 0 Å². The number of anilines is 1. The molecule has 19 heavy (non-hydrogen) atoms. The average Bonchev–Trinajstić information content (AvgIpc) is 2.42. The molecule has 0 saturated carbocycles. The number of benzene rings is 2. The Labute approximate surface area is 124 Å². The van der Waals surface area contributed by atoms with E-state index in [2.05, 4.69) is 36.5 Å². The molecular formula is C16H18ClNS. The summed E-state index contributed by atoms with van der Waals surface area (Å²) in [5.41, 5.74) is 3.93. The zero-order chi connectivity index (χ0) is 13.5. The molecule has 0 saturated heterocycles. The maximum Gasteiger partial charge on any atom is 0.0407 e. The second-order valence-electron chi connectivity index (χ2n) is 4.41. The zero-order valence-electron chi connectivity index (χ0n) is 11.0. The van der Waals surface area contributed by atoms with Crippen LogP contribution in [0.15, 0.2) is 48.5 Å². The third-order valence-corrected chi connectivity index (χ3v) is 4.20. The molecule has 0 radical (unpaired) electrons. The van der Waals surface area contributed by atoms with E-state index >= 15 is 0 Å². The van der Waals surface area contributed by atoms with E-state index in [0.29, 0.717) is 0 Å². The largest absolute Gasteiger partial charge is 0.384 e. The molecule has 0 heterocycles. The molecule has 0 bridgehead atoms. The summed E-state index contributed by atoms with van der Waals surface area (Å²) in [6, 6.07) is 16.4. The van der Waals surface area contributed by atoms with E-state index in [-0.39, 0.29) is 0 Å². The first-order valence-corrected chi connectivity index (χ1v) is 7.90. The number of thioether (sulfide) groups is 1. The topological polar surface area (TPSA) is 12.0 Å². The van der Waals surface area contributed by atoms with Crippen LogP contribution in [0.5, 0.6) is 0 Å². The van der Waals surface area contributed by atoms with Crippen LogP contribution in [0, 0.1) is 6.92 Å². The molecule has 0 aromatic heterocycles. The predicted octanol–water partition coefficient (Wildman–Crippen LogP) is 4.99. The minimum absolute atomic E-state index is 0.777. The van der Waals surface area contributed by atoms with Crippen LogP contribution in [-0.2, 0) is 5.75 Å². The molecule has 2 aromatic rings. The van der Waals surface area contributed by atoms with Gasteiger partial charge < -0.3 is 5.32 Å². The smallest absolute Gasteiger partial charge is 0.0407 e. The number of aryl methyl sites for hydroxylation is 1. The Morgan fingerprint density at radius 2 is 1.79 bits per heavy atom. The lowest BCUT2D eigenvalue weighted by Crippen LogP contribution is -2.04. The van der Waals surface area contributed by atoms with Crippen molar-refractivity contribution in [1.82, 2.24) is 0 Å². The summed E-state index contributed by atoms with van der Waals surface area (Å²) < 4.78 is 0. The van der Waals surface area contributed by atoms with E-state index in [0.717, 1.165) is 28.8 Å². The van der Waals surface area contributed by atoms with Gasteiger partial charge in [-0.2, -0.15) is 11.8 Å². The van der Waals surface area contributed by atoms with E-state index in [1.165, 1.54) is 11.1 Å². The van der Waals surface area contributed by atoms with Crippen LogP contribution in [0.25, 0.3) is 0 Å². The molecule has 3 heteroatoms. The van der Waals surface area contributed by atoms with Gasteiger partial charge in [0.25, 0.3) is 0 Å². The lowest BCUT2D eigenvalue weighted by Gasteiger charge is -2.07. The number of hydrogen-bond donors (Lipinski definition) is 1. The number of rotatable bonds is 6. The summed E-state index contributed by atoms with van der Waals surface area (Å²) in [5.74, 6) is 2.17. The van der Waals surface area contributed by atoms with Crippen molar-refractivity contribution in [3.8, 4) is 0 Å². The van der Waals surface area contributed by atoms with Gasteiger partial charge in [0, 0.05) is 28.8 Å². The molecule has 2 rings (SSSR count). The maximum absolute atomic E-state index is 5.85. The summed E-state index contributed by atoms with van der Waals surface area (Å²) in [5, 5.41) is 4.17. The second kappa shape index (κ2) is 7.46. The third kappa shape index (κ3) is 4.81. The SMILES string of the molecule is Cc1ccccc1CSCCNc1ccc(Cl)cc1. The van der Waals surface area contributed by atoms with Crippen LogP contribution in [0.4, 0.5) is 5.69 Å². The molecule has 100 valence electrons. The van der Waals surface area contributed by atoms with Crippen LogP contribution in [0.2, 0.25) is 5.02 Å². The average molecular weight is 292 g/mol. The minimum atomic E-state index is 0.777. The Balaban J connectivity index is 1.67. The normalized spacial score (nSPS) is 10.4. The van der Waals surface area contributed by atoms with Crippen molar-refractivity contribution in [3.05, 3.63) is 64.7 Å². The van der Waals surface area contributed by atoms with Gasteiger partial charge in [-0.1, -0.05) is 35.9 Å². The Morgan fingerprint density at radius 1 is 1.05 bits per heavy atom. The number of halogens is 1. The lowest BCUT2D eigenvalue weighted by atomic mass is 10.1. The van der Waals surface area contributed by atoms with Gasteiger partial charge in [0.05, 0.1) is 0 Å². The minimum Gasteiger partial charge on any atom is -0.384 e. The Bertz CT molecular complexity index is 510. The molecule has 0 aliphatic rings. The molecule has 0 aliphatic carbocycles. The van der Waals surface area contributed by atoms with E-state index in [1.54, 1.807) is 0 Å². The second-order valence-corrected chi connectivity index (χ2v) is 5.95. The molecule has 0 unspecified atom stereocenters. The number of hydrogen-bond acceptors (Lipinski definition) is 2. The van der Waals surface area contributed by atoms with Gasteiger partial charge in [0.15, 0.2) is 0 Å². The van der Waals surface area contributed by atoms with Crippen molar-refractivity contribution in [3.63, 3.8) is 0 Å². The van der Waals surface area contributed by atoms with Crippen LogP contribution in [-0.4, -0.2) is 12.3 Å². The predicted molar refractivity (Wildman–Crippen MR) is 87.3 cm³/mol. The lowest BCUT2D eigenvalue weighted by molar-refractivity contribution is 1.22. The van der Waals surface area contributed by atoms with Crippen LogP contribution < -0.4 is 5.32 Å². The fourth-order valence-corrected chi connectivity index (χ4v) is 2.85. The summed E-state index contributed by atoms with van der Waals surface area (Å²) >= 11 is 7.80. The summed E-state index contributed by atoms with van der Waals surface area (Å²) in [6.07, 6.45) is 0. The Morgan fingerprint density at radius 3 is 2.53 bits per heavy atom. The quantitative estimate of drug-likeness (QED) is 0.752. The monoisotopic (exact) mass is 291 g/mol. The molecule has 2 aromatic carbocycles. The van der Waals surface area contributed by atoms with E-state index in [4.69, 9.17) is 11.6 Å². The highest BCUT2D eigenvalue weighted by atomic mass is 35.5. The fraction of sp³-hybridized carbons (Fsp3) is 0.250. The zero-order valence-corrected chi connectivity index (χ0v) is 12.6. The first kappa shape index (κ1) is 14.3. The highest BCUT2D eigenvalue weighted by Gasteiger charge is 1.97. The van der Waals surface area contributed by atoms with Gasteiger partial charge in [-0.3, -0.25) is 0 Å². The van der Waals surface area contributed by atoms with Crippen LogP contribution in [0.1, 0.15) is 11.1 Å². The molecule has 0 atom stereocenters. The third-order valence-electron chi connectivity index (χ3n) is 2.94. The molecule has 1 N–H and O–H groups in total. The van der Waals surface area contributed by atoms with Crippen LogP contribution >= 0.6 is 23.4 Å². The van der Waals surface area contributed by atoms with Gasteiger partial charge >= 0.3 is 0 Å². The van der Waals surface area contributed by atoms with Crippen molar-refractivity contribution in [2.45, 2.75) is 12.7 Å². The molecule has 1 nitrogen and oxygen atoms in total. The standard InChI is InChI=1S/C16H18ClNS/c1-13-4-2-3-5-14(13)12-19-11-10-18-16-8-6-15(17)7-9-16/h2-9,18H,10-12H2,1H3. The van der Waals surface area contributed by atoms with Crippen molar-refractivity contribution >= 4 is 29.1 Å². The molecule has 0 aliphatic heterocycles. The van der Waals surface area contributed by atoms with Gasteiger partial charge in [0.2, 0.25) is 0 Å². The number of nitrogens with one attached hydrogen (secondary N) is 1. The van der Waals surface area contributed by atoms with E-state index < -0.39 is 0 Å². The molecular weight excluding hydrogens is 274 g/mol. The summed E-state index contributed by atoms with van der Waals surface area (Å²) in [4.78, 5) is 0. The van der Waals surface area contributed by atoms with Gasteiger partial charge in [0.1, 0.15) is 0 Å². The first-order valence-electron chi connectivity index (χ1n) is 6.37. The highest BCUT2D eigenvalue weighted by Crippen LogP contribution is 2.16. The Hall–Kier alpha value is -1.12.